The predicted octanol–water partition coefficient (Wildman–Crippen LogP) is 0.718. The predicted molar refractivity (Wildman–Crippen MR) is 80.5 cm³/mol. The van der Waals surface area contributed by atoms with Crippen LogP contribution in [0, 0.1) is 0 Å². The second-order valence-corrected chi connectivity index (χ2v) is 5.54. The van der Waals surface area contributed by atoms with Crippen molar-refractivity contribution >= 4 is 11.7 Å². The molecule has 0 spiro atoms. The molecule has 2 aliphatic rings. The lowest BCUT2D eigenvalue weighted by Gasteiger charge is -2.26. The summed E-state index contributed by atoms with van der Waals surface area (Å²) in [5, 5.41) is 6.24. The first-order valence-corrected chi connectivity index (χ1v) is 7.63. The van der Waals surface area contributed by atoms with E-state index in [1.807, 2.05) is 12.1 Å². The van der Waals surface area contributed by atoms with Gasteiger partial charge in [-0.2, -0.15) is 0 Å². The molecule has 6 heteroatoms. The summed E-state index contributed by atoms with van der Waals surface area (Å²) in [6, 6.07) is 5.88. The summed E-state index contributed by atoms with van der Waals surface area (Å²) in [5.41, 5.74) is 0.485. The summed E-state index contributed by atoms with van der Waals surface area (Å²) in [5.74, 6) is 0.682. The second kappa shape index (κ2) is 6.87. The number of carbonyl (C=O) groups is 1. The minimum absolute atomic E-state index is 0.0747. The van der Waals surface area contributed by atoms with E-state index >= 15 is 0 Å². The van der Waals surface area contributed by atoms with Crippen LogP contribution in [0.2, 0.25) is 0 Å². The molecule has 1 aromatic rings. The highest BCUT2D eigenvalue weighted by atomic mass is 16.5. The number of ether oxygens (including phenoxy) is 1. The fourth-order valence-corrected chi connectivity index (χ4v) is 2.31. The number of hydrogen-bond acceptors (Lipinski definition) is 5. The molecule has 1 saturated carbocycles. The molecule has 0 atom stereocenters. The van der Waals surface area contributed by atoms with Crippen molar-refractivity contribution in [3.63, 3.8) is 0 Å². The van der Waals surface area contributed by atoms with Gasteiger partial charge >= 0.3 is 0 Å². The molecule has 0 aromatic carbocycles. The van der Waals surface area contributed by atoms with Crippen LogP contribution in [-0.4, -0.2) is 61.2 Å². The van der Waals surface area contributed by atoms with Crippen molar-refractivity contribution in [1.29, 1.82) is 0 Å². The molecule has 0 bridgehead atoms. The molecule has 1 aliphatic heterocycles. The number of rotatable bonds is 6. The van der Waals surface area contributed by atoms with Crippen LogP contribution in [-0.2, 0) is 4.74 Å². The van der Waals surface area contributed by atoms with E-state index in [-0.39, 0.29) is 5.91 Å². The Bertz CT molecular complexity index is 484. The Morgan fingerprint density at radius 1 is 1.33 bits per heavy atom. The quantitative estimate of drug-likeness (QED) is 0.808. The van der Waals surface area contributed by atoms with E-state index in [4.69, 9.17) is 4.74 Å². The van der Waals surface area contributed by atoms with Gasteiger partial charge in [-0.15, -0.1) is 0 Å². The van der Waals surface area contributed by atoms with Gasteiger partial charge in [-0.05, 0) is 25.0 Å². The SMILES string of the molecule is O=C(NC1CC1)c1cccc(NCCN2CCOCC2)n1. The number of morpholine rings is 1. The Hall–Kier alpha value is -1.66. The molecule has 2 heterocycles. The Kier molecular flexibility index (Phi) is 4.67. The lowest BCUT2D eigenvalue weighted by molar-refractivity contribution is 0.0398. The van der Waals surface area contributed by atoms with Crippen molar-refractivity contribution < 1.29 is 9.53 Å². The maximum Gasteiger partial charge on any atom is 0.270 e. The Morgan fingerprint density at radius 2 is 2.14 bits per heavy atom. The number of carbonyl (C=O) groups excluding carboxylic acids is 1. The van der Waals surface area contributed by atoms with Gasteiger partial charge in [0.05, 0.1) is 13.2 Å². The van der Waals surface area contributed by atoms with E-state index in [2.05, 4.69) is 20.5 Å². The van der Waals surface area contributed by atoms with Crippen LogP contribution >= 0.6 is 0 Å². The van der Waals surface area contributed by atoms with Gasteiger partial charge in [0.15, 0.2) is 0 Å². The topological polar surface area (TPSA) is 66.5 Å². The average molecular weight is 290 g/mol. The first-order valence-electron chi connectivity index (χ1n) is 7.63. The summed E-state index contributed by atoms with van der Waals surface area (Å²) in [6.07, 6.45) is 2.17. The Labute approximate surface area is 124 Å². The molecule has 114 valence electrons. The van der Waals surface area contributed by atoms with Crippen molar-refractivity contribution in [1.82, 2.24) is 15.2 Å². The van der Waals surface area contributed by atoms with E-state index in [1.165, 1.54) is 0 Å². The van der Waals surface area contributed by atoms with Crippen LogP contribution in [0.1, 0.15) is 23.3 Å². The summed E-state index contributed by atoms with van der Waals surface area (Å²) in [6.45, 7) is 5.38. The van der Waals surface area contributed by atoms with Crippen LogP contribution in [0.25, 0.3) is 0 Å². The molecular weight excluding hydrogens is 268 g/mol. The summed E-state index contributed by atoms with van der Waals surface area (Å²) in [4.78, 5) is 18.7. The monoisotopic (exact) mass is 290 g/mol. The van der Waals surface area contributed by atoms with Crippen molar-refractivity contribution in [3.05, 3.63) is 23.9 Å². The van der Waals surface area contributed by atoms with Crippen LogP contribution in [0.3, 0.4) is 0 Å². The van der Waals surface area contributed by atoms with E-state index in [9.17, 15) is 4.79 Å². The third kappa shape index (κ3) is 4.41. The fraction of sp³-hybridized carbons (Fsp3) is 0.600. The normalized spacial score (nSPS) is 19.2. The molecule has 2 N–H and O–H groups in total. The number of nitrogens with one attached hydrogen (secondary N) is 2. The van der Waals surface area contributed by atoms with Crippen LogP contribution in [0.5, 0.6) is 0 Å². The standard InChI is InChI=1S/C15H22N4O2/c20-15(17-12-4-5-12)13-2-1-3-14(18-13)16-6-7-19-8-10-21-11-9-19/h1-3,12H,4-11H2,(H,16,18)(H,17,20). The highest BCUT2D eigenvalue weighted by Gasteiger charge is 2.24. The highest BCUT2D eigenvalue weighted by Crippen LogP contribution is 2.19. The van der Waals surface area contributed by atoms with Crippen molar-refractivity contribution in [2.75, 3.05) is 44.7 Å². The van der Waals surface area contributed by atoms with E-state index in [0.717, 1.165) is 58.1 Å². The van der Waals surface area contributed by atoms with Gasteiger partial charge in [0.1, 0.15) is 11.5 Å². The molecule has 2 fully saturated rings. The third-order valence-electron chi connectivity index (χ3n) is 3.73. The van der Waals surface area contributed by atoms with Gasteiger partial charge in [-0.1, -0.05) is 6.07 Å². The van der Waals surface area contributed by atoms with Crippen molar-refractivity contribution in [2.24, 2.45) is 0 Å². The lowest BCUT2D eigenvalue weighted by Crippen LogP contribution is -2.39. The largest absolute Gasteiger partial charge is 0.379 e. The van der Waals surface area contributed by atoms with Crippen LogP contribution in [0.4, 0.5) is 5.82 Å². The van der Waals surface area contributed by atoms with E-state index in [1.54, 1.807) is 6.07 Å². The van der Waals surface area contributed by atoms with Gasteiger partial charge in [-0.3, -0.25) is 9.69 Å². The first-order chi connectivity index (χ1) is 10.3. The molecule has 6 nitrogen and oxygen atoms in total. The minimum atomic E-state index is -0.0747. The van der Waals surface area contributed by atoms with Crippen molar-refractivity contribution in [3.8, 4) is 0 Å². The molecule has 1 aliphatic carbocycles. The molecule has 0 radical (unpaired) electrons. The molecular formula is C15H22N4O2. The number of amides is 1. The highest BCUT2D eigenvalue weighted by molar-refractivity contribution is 5.93. The lowest BCUT2D eigenvalue weighted by atomic mass is 10.3. The first kappa shape index (κ1) is 14.3. The number of anilines is 1. The van der Waals surface area contributed by atoms with Gasteiger partial charge in [0.2, 0.25) is 0 Å². The average Bonchev–Trinajstić information content (AvgIpc) is 3.33. The fourth-order valence-electron chi connectivity index (χ4n) is 2.31. The number of nitrogens with zero attached hydrogens (tertiary/aromatic N) is 2. The second-order valence-electron chi connectivity index (χ2n) is 5.54. The van der Waals surface area contributed by atoms with Crippen molar-refractivity contribution in [2.45, 2.75) is 18.9 Å². The summed E-state index contributed by atoms with van der Waals surface area (Å²) < 4.78 is 5.32. The molecule has 21 heavy (non-hydrogen) atoms. The molecule has 3 rings (SSSR count). The van der Waals surface area contributed by atoms with Gasteiger partial charge in [0, 0.05) is 32.2 Å². The molecule has 0 unspecified atom stereocenters. The summed E-state index contributed by atoms with van der Waals surface area (Å²) >= 11 is 0. The maximum atomic E-state index is 11.9. The molecule has 1 amide bonds. The maximum absolute atomic E-state index is 11.9. The Balaban J connectivity index is 1.47. The number of pyridine rings is 1. The third-order valence-corrected chi connectivity index (χ3v) is 3.73. The smallest absolute Gasteiger partial charge is 0.270 e. The minimum Gasteiger partial charge on any atom is -0.379 e. The Morgan fingerprint density at radius 3 is 2.90 bits per heavy atom. The zero-order chi connectivity index (χ0) is 14.5. The van der Waals surface area contributed by atoms with Gasteiger partial charge in [0.25, 0.3) is 5.91 Å². The number of hydrogen-bond donors (Lipinski definition) is 2. The molecule has 1 aromatic heterocycles. The van der Waals surface area contributed by atoms with Gasteiger partial charge in [-0.25, -0.2) is 4.98 Å². The summed E-state index contributed by atoms with van der Waals surface area (Å²) in [7, 11) is 0. The molecule has 1 saturated heterocycles. The van der Waals surface area contributed by atoms with Gasteiger partial charge < -0.3 is 15.4 Å². The van der Waals surface area contributed by atoms with Crippen LogP contribution < -0.4 is 10.6 Å². The van der Waals surface area contributed by atoms with E-state index < -0.39 is 0 Å². The van der Waals surface area contributed by atoms with Crippen LogP contribution in [0.15, 0.2) is 18.2 Å². The number of aromatic nitrogens is 1. The zero-order valence-corrected chi connectivity index (χ0v) is 12.2. The van der Waals surface area contributed by atoms with E-state index in [0.29, 0.717) is 11.7 Å². The zero-order valence-electron chi connectivity index (χ0n) is 12.2.